The van der Waals surface area contributed by atoms with Gasteiger partial charge in [-0.05, 0) is 49.8 Å². The van der Waals surface area contributed by atoms with Crippen molar-refractivity contribution in [1.29, 1.82) is 0 Å². The highest BCUT2D eigenvalue weighted by Gasteiger charge is 2.45. The molecule has 0 radical (unpaired) electrons. The molecule has 1 atom stereocenters. The van der Waals surface area contributed by atoms with Crippen LogP contribution < -0.4 is 5.32 Å². The number of aromatic nitrogens is 1. The first-order valence-corrected chi connectivity index (χ1v) is 6.15. The van der Waals surface area contributed by atoms with Crippen LogP contribution in [0.25, 0.3) is 0 Å². The highest BCUT2D eigenvalue weighted by atomic mass is 79.9. The number of nitrogens with zero attached hydrogens (tertiary/aromatic N) is 1. The molecule has 1 unspecified atom stereocenters. The largest absolute Gasteiger partial charge is 0.366 e. The second-order valence-electron chi connectivity index (χ2n) is 4.37. The Morgan fingerprint density at radius 2 is 2.14 bits per heavy atom. The van der Waals surface area contributed by atoms with Gasteiger partial charge in [-0.2, -0.15) is 0 Å². The van der Waals surface area contributed by atoms with Crippen molar-refractivity contribution >= 4 is 37.7 Å². The molecule has 0 aromatic carbocycles. The monoisotopic (exact) mass is 318 g/mol. The molecule has 1 heterocycles. The van der Waals surface area contributed by atoms with E-state index >= 15 is 0 Å². The van der Waals surface area contributed by atoms with Gasteiger partial charge in [0, 0.05) is 16.7 Å². The van der Waals surface area contributed by atoms with Crippen LogP contribution in [0.2, 0.25) is 0 Å². The Kier molecular flexibility index (Phi) is 2.60. The third kappa shape index (κ3) is 2.11. The fourth-order valence-corrected chi connectivity index (χ4v) is 2.50. The molecule has 4 heteroatoms. The van der Waals surface area contributed by atoms with Gasteiger partial charge in [0.15, 0.2) is 0 Å². The number of hydrogen-bond acceptors (Lipinski definition) is 2. The van der Waals surface area contributed by atoms with Crippen molar-refractivity contribution in [3.8, 4) is 0 Å². The summed E-state index contributed by atoms with van der Waals surface area (Å²) in [7, 11) is 0. The third-order valence-corrected chi connectivity index (χ3v) is 3.67. The minimum absolute atomic E-state index is 0.425. The standard InChI is InChI=1S/C10H12Br2N2/c1-10(2)4-8(10)14-9-7(12)3-6(11)5-13-9/h3,5,8H,4H2,1-2H3,(H,13,14). The molecule has 0 bridgehead atoms. The fraction of sp³-hybridized carbons (Fsp3) is 0.500. The molecule has 1 aromatic rings. The zero-order chi connectivity index (χ0) is 10.3. The summed E-state index contributed by atoms with van der Waals surface area (Å²) >= 11 is 6.87. The van der Waals surface area contributed by atoms with Crippen molar-refractivity contribution in [1.82, 2.24) is 4.98 Å². The summed E-state index contributed by atoms with van der Waals surface area (Å²) in [5, 5.41) is 3.42. The molecule has 0 spiro atoms. The fourth-order valence-electron chi connectivity index (χ4n) is 1.40. The summed E-state index contributed by atoms with van der Waals surface area (Å²) in [6.07, 6.45) is 3.03. The first kappa shape index (κ1) is 10.4. The molecule has 2 rings (SSSR count). The number of halogens is 2. The molecule has 1 N–H and O–H groups in total. The minimum Gasteiger partial charge on any atom is -0.366 e. The summed E-state index contributed by atoms with van der Waals surface area (Å²) in [5.74, 6) is 0.934. The lowest BCUT2D eigenvalue weighted by atomic mass is 10.2. The number of nitrogens with one attached hydrogen (secondary N) is 1. The number of anilines is 1. The van der Waals surface area contributed by atoms with Crippen molar-refractivity contribution in [2.75, 3.05) is 5.32 Å². The minimum atomic E-state index is 0.425. The van der Waals surface area contributed by atoms with E-state index in [0.717, 1.165) is 14.8 Å². The van der Waals surface area contributed by atoms with E-state index in [1.165, 1.54) is 6.42 Å². The summed E-state index contributed by atoms with van der Waals surface area (Å²) in [6, 6.07) is 2.57. The van der Waals surface area contributed by atoms with Crippen LogP contribution >= 0.6 is 31.9 Å². The van der Waals surface area contributed by atoms with Crippen LogP contribution in [0.15, 0.2) is 21.2 Å². The molecule has 0 saturated heterocycles. The van der Waals surface area contributed by atoms with E-state index in [1.807, 2.05) is 12.3 Å². The van der Waals surface area contributed by atoms with E-state index in [4.69, 9.17) is 0 Å². The van der Waals surface area contributed by atoms with Crippen LogP contribution in [0.4, 0.5) is 5.82 Å². The average Bonchev–Trinajstić information content (AvgIpc) is 2.65. The van der Waals surface area contributed by atoms with Crippen molar-refractivity contribution in [3.63, 3.8) is 0 Å². The van der Waals surface area contributed by atoms with Crippen LogP contribution in [-0.2, 0) is 0 Å². The maximum atomic E-state index is 4.32. The predicted octanol–water partition coefficient (Wildman–Crippen LogP) is 3.82. The molecular weight excluding hydrogens is 308 g/mol. The molecular formula is C10H12Br2N2. The van der Waals surface area contributed by atoms with Gasteiger partial charge >= 0.3 is 0 Å². The van der Waals surface area contributed by atoms with Crippen molar-refractivity contribution in [3.05, 3.63) is 21.2 Å². The van der Waals surface area contributed by atoms with Crippen molar-refractivity contribution < 1.29 is 0 Å². The van der Waals surface area contributed by atoms with Crippen LogP contribution in [-0.4, -0.2) is 11.0 Å². The normalized spacial score (nSPS) is 23.3. The van der Waals surface area contributed by atoms with Gasteiger partial charge in [0.05, 0.1) is 4.47 Å². The Morgan fingerprint density at radius 1 is 1.50 bits per heavy atom. The van der Waals surface area contributed by atoms with E-state index in [-0.39, 0.29) is 0 Å². The lowest BCUT2D eigenvalue weighted by molar-refractivity contribution is 0.629. The molecule has 1 aliphatic rings. The summed E-state index contributed by atoms with van der Waals surface area (Å²) in [4.78, 5) is 4.32. The molecule has 2 nitrogen and oxygen atoms in total. The molecule has 1 aliphatic carbocycles. The maximum Gasteiger partial charge on any atom is 0.140 e. The van der Waals surface area contributed by atoms with Gasteiger partial charge < -0.3 is 5.32 Å². The first-order chi connectivity index (χ1) is 6.49. The van der Waals surface area contributed by atoms with E-state index in [1.54, 1.807) is 0 Å². The first-order valence-electron chi connectivity index (χ1n) is 4.56. The Bertz CT molecular complexity index is 363. The van der Waals surface area contributed by atoms with Gasteiger partial charge in [-0.3, -0.25) is 0 Å². The Labute approximate surface area is 101 Å². The Balaban J connectivity index is 2.11. The van der Waals surface area contributed by atoms with Crippen LogP contribution in [0.1, 0.15) is 20.3 Å². The topological polar surface area (TPSA) is 24.9 Å². The zero-order valence-electron chi connectivity index (χ0n) is 8.14. The molecule has 1 aromatic heterocycles. The van der Waals surface area contributed by atoms with Gasteiger partial charge in [0.2, 0.25) is 0 Å². The number of hydrogen-bond donors (Lipinski definition) is 1. The van der Waals surface area contributed by atoms with E-state index in [0.29, 0.717) is 11.5 Å². The highest BCUT2D eigenvalue weighted by Crippen LogP contribution is 2.46. The lowest BCUT2D eigenvalue weighted by Gasteiger charge is -2.08. The van der Waals surface area contributed by atoms with Gasteiger partial charge in [-0.1, -0.05) is 13.8 Å². The molecule has 14 heavy (non-hydrogen) atoms. The van der Waals surface area contributed by atoms with Crippen LogP contribution in [0.5, 0.6) is 0 Å². The number of pyridine rings is 1. The third-order valence-electron chi connectivity index (χ3n) is 2.63. The van der Waals surface area contributed by atoms with Gasteiger partial charge in [0.1, 0.15) is 5.82 Å². The number of rotatable bonds is 2. The van der Waals surface area contributed by atoms with Crippen LogP contribution in [0.3, 0.4) is 0 Å². The lowest BCUT2D eigenvalue weighted by Crippen LogP contribution is -2.09. The summed E-state index contributed by atoms with van der Waals surface area (Å²) in [5.41, 5.74) is 0.425. The van der Waals surface area contributed by atoms with Crippen molar-refractivity contribution in [2.24, 2.45) is 5.41 Å². The summed E-state index contributed by atoms with van der Waals surface area (Å²) in [6.45, 7) is 4.52. The SMILES string of the molecule is CC1(C)CC1Nc1ncc(Br)cc1Br. The van der Waals surface area contributed by atoms with Gasteiger partial charge in [-0.25, -0.2) is 4.98 Å². The van der Waals surface area contributed by atoms with Gasteiger partial charge in [-0.15, -0.1) is 0 Å². The quantitative estimate of drug-likeness (QED) is 0.896. The Morgan fingerprint density at radius 3 is 2.64 bits per heavy atom. The second-order valence-corrected chi connectivity index (χ2v) is 6.14. The molecule has 0 aliphatic heterocycles. The molecule has 76 valence electrons. The molecule has 0 amide bonds. The van der Waals surface area contributed by atoms with Crippen molar-refractivity contribution in [2.45, 2.75) is 26.3 Å². The van der Waals surface area contributed by atoms with E-state index in [2.05, 4.69) is 56.0 Å². The second kappa shape index (κ2) is 3.49. The van der Waals surface area contributed by atoms with Crippen LogP contribution in [0, 0.1) is 5.41 Å². The molecule has 1 saturated carbocycles. The summed E-state index contributed by atoms with van der Waals surface area (Å²) < 4.78 is 2.00. The van der Waals surface area contributed by atoms with E-state index in [9.17, 15) is 0 Å². The average molecular weight is 320 g/mol. The van der Waals surface area contributed by atoms with E-state index < -0.39 is 0 Å². The smallest absolute Gasteiger partial charge is 0.140 e. The van der Waals surface area contributed by atoms with Gasteiger partial charge in [0.25, 0.3) is 0 Å². The highest BCUT2D eigenvalue weighted by molar-refractivity contribution is 9.11. The Hall–Kier alpha value is -0.0900. The zero-order valence-corrected chi connectivity index (χ0v) is 11.3. The maximum absolute atomic E-state index is 4.32. The molecule has 1 fully saturated rings. The predicted molar refractivity (Wildman–Crippen MR) is 65.4 cm³/mol.